The Hall–Kier alpha value is -2.76. The summed E-state index contributed by atoms with van der Waals surface area (Å²) in [5.41, 5.74) is 5.91. The van der Waals surface area contributed by atoms with Crippen molar-refractivity contribution in [3.63, 3.8) is 0 Å². The molecule has 1 aliphatic heterocycles. The van der Waals surface area contributed by atoms with Gasteiger partial charge in [-0.1, -0.05) is 6.07 Å². The number of aromatic amines is 1. The number of anilines is 1. The number of H-pyrrole nitrogens is 1. The molecule has 27 heavy (non-hydrogen) atoms. The molecule has 9 nitrogen and oxygen atoms in total. The molecule has 0 bridgehead atoms. The van der Waals surface area contributed by atoms with Crippen LogP contribution in [0.1, 0.15) is 21.0 Å². The summed E-state index contributed by atoms with van der Waals surface area (Å²) >= 11 is 2.93. The van der Waals surface area contributed by atoms with Gasteiger partial charge >= 0.3 is 0 Å². The Morgan fingerprint density at radius 2 is 1.93 bits per heavy atom. The van der Waals surface area contributed by atoms with Crippen molar-refractivity contribution in [3.8, 4) is 10.6 Å². The van der Waals surface area contributed by atoms with E-state index in [9.17, 15) is 9.59 Å². The number of ether oxygens (including phenoxy) is 1. The molecule has 4 heterocycles. The van der Waals surface area contributed by atoms with E-state index in [-0.39, 0.29) is 11.4 Å². The van der Waals surface area contributed by atoms with E-state index in [0.29, 0.717) is 13.2 Å². The van der Waals surface area contributed by atoms with Gasteiger partial charge in [-0.05, 0) is 17.5 Å². The summed E-state index contributed by atoms with van der Waals surface area (Å²) in [5, 5.41) is 11.2. The largest absolute Gasteiger partial charge is 0.378 e. The first kappa shape index (κ1) is 17.6. The first-order valence-electron chi connectivity index (χ1n) is 8.19. The van der Waals surface area contributed by atoms with Gasteiger partial charge in [-0.2, -0.15) is 5.10 Å². The number of thiazole rings is 1. The van der Waals surface area contributed by atoms with Crippen molar-refractivity contribution in [1.29, 1.82) is 0 Å². The van der Waals surface area contributed by atoms with Crippen LogP contribution in [0.2, 0.25) is 0 Å². The highest BCUT2D eigenvalue weighted by atomic mass is 32.1. The maximum Gasteiger partial charge on any atom is 0.290 e. The quantitative estimate of drug-likeness (QED) is 0.568. The van der Waals surface area contributed by atoms with Crippen LogP contribution in [-0.4, -0.2) is 53.3 Å². The fourth-order valence-electron chi connectivity index (χ4n) is 2.51. The van der Waals surface area contributed by atoms with E-state index >= 15 is 0 Å². The highest BCUT2D eigenvalue weighted by Gasteiger charge is 2.18. The third kappa shape index (κ3) is 3.99. The number of rotatable bonds is 4. The van der Waals surface area contributed by atoms with Crippen LogP contribution in [0.15, 0.2) is 29.0 Å². The van der Waals surface area contributed by atoms with Crippen LogP contribution in [0.4, 0.5) is 5.13 Å². The van der Waals surface area contributed by atoms with Gasteiger partial charge in [-0.25, -0.2) is 4.98 Å². The van der Waals surface area contributed by atoms with Gasteiger partial charge in [-0.15, -0.1) is 22.7 Å². The first-order chi connectivity index (χ1) is 13.2. The second-order valence-corrected chi connectivity index (χ2v) is 7.45. The van der Waals surface area contributed by atoms with Crippen LogP contribution in [0, 0.1) is 0 Å². The Labute approximate surface area is 162 Å². The molecule has 1 aliphatic rings. The van der Waals surface area contributed by atoms with Crippen molar-refractivity contribution >= 4 is 39.6 Å². The van der Waals surface area contributed by atoms with Gasteiger partial charge < -0.3 is 9.64 Å². The summed E-state index contributed by atoms with van der Waals surface area (Å²) in [7, 11) is 0. The van der Waals surface area contributed by atoms with Gasteiger partial charge in [-0.3, -0.25) is 25.5 Å². The highest BCUT2D eigenvalue weighted by molar-refractivity contribution is 7.14. The van der Waals surface area contributed by atoms with E-state index in [1.807, 2.05) is 17.5 Å². The van der Waals surface area contributed by atoms with Crippen molar-refractivity contribution < 1.29 is 14.3 Å². The van der Waals surface area contributed by atoms with Crippen LogP contribution in [-0.2, 0) is 4.74 Å². The Kier molecular flexibility index (Phi) is 5.14. The predicted molar refractivity (Wildman–Crippen MR) is 102 cm³/mol. The van der Waals surface area contributed by atoms with Crippen LogP contribution in [0.25, 0.3) is 10.6 Å². The van der Waals surface area contributed by atoms with Crippen LogP contribution >= 0.6 is 22.7 Å². The molecule has 0 atom stereocenters. The van der Waals surface area contributed by atoms with Crippen LogP contribution in [0.5, 0.6) is 0 Å². The number of carbonyl (C=O) groups excluding carboxylic acids is 2. The third-order valence-electron chi connectivity index (χ3n) is 3.89. The Morgan fingerprint density at radius 1 is 1.15 bits per heavy atom. The lowest BCUT2D eigenvalue weighted by molar-refractivity contribution is 0.0841. The zero-order valence-electron chi connectivity index (χ0n) is 14.1. The van der Waals surface area contributed by atoms with Crippen LogP contribution < -0.4 is 15.8 Å². The molecule has 11 heteroatoms. The standard InChI is InChI=1S/C16H16N6O3S2/c23-14(11-8-10(18-19-11)13-2-1-7-26-13)20-21-15(24)12-9-27-16(17-12)22-3-5-25-6-4-22/h1-2,7-9H,3-6H2,(H,18,19)(H,20,23)(H,21,24). The molecule has 3 aromatic rings. The molecular formula is C16H16N6O3S2. The Balaban J connectivity index is 1.34. The van der Waals surface area contributed by atoms with Gasteiger partial charge in [0.15, 0.2) is 10.8 Å². The number of hydrazine groups is 1. The van der Waals surface area contributed by atoms with Crippen molar-refractivity contribution in [3.05, 3.63) is 40.3 Å². The molecule has 0 aliphatic carbocycles. The number of carbonyl (C=O) groups is 2. The van der Waals surface area contributed by atoms with Gasteiger partial charge in [0.25, 0.3) is 11.8 Å². The van der Waals surface area contributed by atoms with Crippen molar-refractivity contribution in [2.75, 3.05) is 31.2 Å². The lowest BCUT2D eigenvalue weighted by Crippen LogP contribution is -2.42. The summed E-state index contributed by atoms with van der Waals surface area (Å²) < 4.78 is 5.31. The summed E-state index contributed by atoms with van der Waals surface area (Å²) in [4.78, 5) is 31.8. The molecule has 0 unspecified atom stereocenters. The molecule has 2 amide bonds. The number of hydrogen-bond donors (Lipinski definition) is 3. The summed E-state index contributed by atoms with van der Waals surface area (Å²) in [5.74, 6) is -0.987. The smallest absolute Gasteiger partial charge is 0.290 e. The maximum absolute atomic E-state index is 12.2. The van der Waals surface area contributed by atoms with Crippen molar-refractivity contribution in [1.82, 2.24) is 26.0 Å². The summed E-state index contributed by atoms with van der Waals surface area (Å²) in [6.07, 6.45) is 0. The number of thiophene rings is 1. The molecule has 0 saturated carbocycles. The lowest BCUT2D eigenvalue weighted by Gasteiger charge is -2.25. The third-order valence-corrected chi connectivity index (χ3v) is 5.70. The fourth-order valence-corrected chi connectivity index (χ4v) is 4.06. The van der Waals surface area contributed by atoms with Crippen molar-refractivity contribution in [2.45, 2.75) is 0 Å². The number of amides is 2. The van der Waals surface area contributed by atoms with E-state index in [1.54, 1.807) is 11.4 Å². The average molecular weight is 404 g/mol. The van der Waals surface area contributed by atoms with E-state index in [2.05, 4.69) is 30.9 Å². The second-order valence-electron chi connectivity index (χ2n) is 5.67. The SMILES string of the molecule is O=C(NNC(=O)c1csc(N2CCOCC2)n1)c1cc(-c2cccs2)[nH]n1. The van der Waals surface area contributed by atoms with E-state index in [4.69, 9.17) is 4.74 Å². The minimum Gasteiger partial charge on any atom is -0.378 e. The van der Waals surface area contributed by atoms with Crippen LogP contribution in [0.3, 0.4) is 0 Å². The number of nitrogens with one attached hydrogen (secondary N) is 3. The summed E-state index contributed by atoms with van der Waals surface area (Å²) in [6.45, 7) is 2.79. The molecule has 0 radical (unpaired) electrons. The highest BCUT2D eigenvalue weighted by Crippen LogP contribution is 2.23. The summed E-state index contributed by atoms with van der Waals surface area (Å²) in [6, 6.07) is 5.47. The predicted octanol–water partition coefficient (Wildman–Crippen LogP) is 1.51. The Bertz CT molecular complexity index is 930. The molecular weight excluding hydrogens is 388 g/mol. The van der Waals surface area contributed by atoms with Crippen molar-refractivity contribution in [2.24, 2.45) is 0 Å². The molecule has 0 spiro atoms. The number of aromatic nitrogens is 3. The molecule has 140 valence electrons. The minimum absolute atomic E-state index is 0.186. The molecule has 1 saturated heterocycles. The number of nitrogens with zero attached hydrogens (tertiary/aromatic N) is 3. The normalized spacial score (nSPS) is 14.1. The molecule has 3 aromatic heterocycles. The first-order valence-corrected chi connectivity index (χ1v) is 9.95. The Morgan fingerprint density at radius 3 is 2.67 bits per heavy atom. The number of hydrogen-bond acceptors (Lipinski definition) is 8. The molecule has 1 fully saturated rings. The van der Waals surface area contributed by atoms with Gasteiger partial charge in [0.05, 0.1) is 23.8 Å². The molecule has 3 N–H and O–H groups in total. The monoisotopic (exact) mass is 404 g/mol. The minimum atomic E-state index is -0.508. The van der Waals surface area contributed by atoms with Gasteiger partial charge in [0.1, 0.15) is 5.69 Å². The van der Waals surface area contributed by atoms with E-state index < -0.39 is 11.8 Å². The lowest BCUT2D eigenvalue weighted by atomic mass is 10.3. The zero-order chi connectivity index (χ0) is 18.6. The zero-order valence-corrected chi connectivity index (χ0v) is 15.7. The second kappa shape index (κ2) is 7.86. The average Bonchev–Trinajstić information content (AvgIpc) is 3.47. The fraction of sp³-hybridized carbons (Fsp3) is 0.250. The maximum atomic E-state index is 12.2. The molecule has 0 aromatic carbocycles. The topological polar surface area (TPSA) is 112 Å². The number of morpholine rings is 1. The van der Waals surface area contributed by atoms with E-state index in [0.717, 1.165) is 28.8 Å². The van der Waals surface area contributed by atoms with E-state index in [1.165, 1.54) is 22.7 Å². The van der Waals surface area contributed by atoms with Gasteiger partial charge in [0.2, 0.25) is 0 Å². The molecule has 4 rings (SSSR count). The van der Waals surface area contributed by atoms with Gasteiger partial charge in [0, 0.05) is 18.5 Å².